The molecular formula is C6H10N2. The van der Waals surface area contributed by atoms with Crippen molar-refractivity contribution >= 4 is 0 Å². The minimum atomic E-state index is 0.329. The molecule has 0 saturated heterocycles. The van der Waals surface area contributed by atoms with E-state index in [-0.39, 0.29) is 0 Å². The van der Waals surface area contributed by atoms with Gasteiger partial charge in [-0.3, -0.25) is 0 Å². The monoisotopic (exact) mass is 110 g/mol. The Morgan fingerprint density at radius 2 is 2.50 bits per heavy atom. The van der Waals surface area contributed by atoms with E-state index in [0.717, 1.165) is 18.5 Å². The molecule has 0 spiro atoms. The number of nitrogens with zero attached hydrogens (tertiary/aromatic N) is 2. The van der Waals surface area contributed by atoms with Crippen molar-refractivity contribution in [3.05, 3.63) is 12.2 Å². The summed E-state index contributed by atoms with van der Waals surface area (Å²) >= 11 is 0. The van der Waals surface area contributed by atoms with Gasteiger partial charge in [-0.05, 0) is 13.3 Å². The van der Waals surface area contributed by atoms with Crippen LogP contribution >= 0.6 is 0 Å². The number of rotatable bonds is 1. The van der Waals surface area contributed by atoms with Crippen molar-refractivity contribution in [1.29, 1.82) is 0 Å². The molecule has 1 unspecified atom stereocenters. The molecule has 2 nitrogen and oxygen atoms in total. The van der Waals surface area contributed by atoms with Gasteiger partial charge in [-0.25, -0.2) is 0 Å². The van der Waals surface area contributed by atoms with E-state index in [1.54, 1.807) is 0 Å². The molecule has 0 saturated carbocycles. The molecule has 1 aliphatic rings. The third kappa shape index (κ3) is 0.941. The summed E-state index contributed by atoms with van der Waals surface area (Å²) in [5, 5.41) is 7.81. The molecular weight excluding hydrogens is 100 g/mol. The van der Waals surface area contributed by atoms with Crippen LogP contribution in [0, 0.1) is 0 Å². The molecule has 0 N–H and O–H groups in total. The van der Waals surface area contributed by atoms with Gasteiger partial charge in [-0.2, -0.15) is 10.2 Å². The van der Waals surface area contributed by atoms with Crippen molar-refractivity contribution in [3.8, 4) is 0 Å². The molecule has 1 atom stereocenters. The fraction of sp³-hybridized carbons (Fsp3) is 0.667. The maximum Gasteiger partial charge on any atom is 0.0930 e. The lowest BCUT2D eigenvalue weighted by Gasteiger charge is -1.99. The summed E-state index contributed by atoms with van der Waals surface area (Å²) in [5.74, 6) is 0. The lowest BCUT2D eigenvalue weighted by Crippen LogP contribution is -1.99. The molecule has 1 aliphatic heterocycles. The molecule has 0 aromatic carbocycles. The summed E-state index contributed by atoms with van der Waals surface area (Å²) in [6, 6.07) is 0.329. The molecule has 1 heterocycles. The Balaban J connectivity index is 2.48. The van der Waals surface area contributed by atoms with Crippen LogP contribution in [0.4, 0.5) is 0 Å². The van der Waals surface area contributed by atoms with Crippen molar-refractivity contribution in [2.24, 2.45) is 10.2 Å². The van der Waals surface area contributed by atoms with Crippen LogP contribution in [-0.2, 0) is 0 Å². The van der Waals surface area contributed by atoms with E-state index in [2.05, 4.69) is 16.8 Å². The molecule has 2 heteroatoms. The highest BCUT2D eigenvalue weighted by atomic mass is 15.2. The molecule has 0 fully saturated rings. The van der Waals surface area contributed by atoms with Gasteiger partial charge in [0.15, 0.2) is 0 Å². The van der Waals surface area contributed by atoms with Crippen molar-refractivity contribution in [2.75, 3.05) is 6.54 Å². The molecule has 8 heavy (non-hydrogen) atoms. The summed E-state index contributed by atoms with van der Waals surface area (Å²) < 4.78 is 0. The predicted molar refractivity (Wildman–Crippen MR) is 32.9 cm³/mol. The highest BCUT2D eigenvalue weighted by Crippen LogP contribution is 2.13. The highest BCUT2D eigenvalue weighted by molar-refractivity contribution is 5.02. The molecule has 0 amide bonds. The standard InChI is InChI=1S/C6H10N2/c1-5(2)6-3-4-7-8-6/h6H,1,3-4H2,2H3. The Kier molecular flexibility index (Phi) is 1.42. The first-order chi connectivity index (χ1) is 3.80. The molecule has 0 aromatic rings. The largest absolute Gasteiger partial charge is 0.193 e. The average molecular weight is 110 g/mol. The van der Waals surface area contributed by atoms with Crippen LogP contribution < -0.4 is 0 Å². The van der Waals surface area contributed by atoms with E-state index in [0.29, 0.717) is 6.04 Å². The summed E-state index contributed by atoms with van der Waals surface area (Å²) in [6.45, 7) is 6.66. The fourth-order valence-corrected chi connectivity index (χ4v) is 0.739. The van der Waals surface area contributed by atoms with Crippen molar-refractivity contribution in [3.63, 3.8) is 0 Å². The van der Waals surface area contributed by atoms with E-state index in [1.807, 2.05) is 6.92 Å². The lowest BCUT2D eigenvalue weighted by atomic mass is 10.1. The van der Waals surface area contributed by atoms with E-state index >= 15 is 0 Å². The number of hydrogen-bond acceptors (Lipinski definition) is 2. The smallest absolute Gasteiger partial charge is 0.0930 e. The maximum atomic E-state index is 3.96. The topological polar surface area (TPSA) is 24.7 Å². The minimum Gasteiger partial charge on any atom is -0.193 e. The van der Waals surface area contributed by atoms with Gasteiger partial charge in [0.25, 0.3) is 0 Å². The zero-order valence-electron chi connectivity index (χ0n) is 5.09. The molecule has 0 radical (unpaired) electrons. The van der Waals surface area contributed by atoms with Crippen molar-refractivity contribution < 1.29 is 0 Å². The lowest BCUT2D eigenvalue weighted by molar-refractivity contribution is 0.786. The predicted octanol–water partition coefficient (Wildman–Crippen LogP) is 1.79. The highest BCUT2D eigenvalue weighted by Gasteiger charge is 2.10. The third-order valence-corrected chi connectivity index (χ3v) is 1.29. The summed E-state index contributed by atoms with van der Waals surface area (Å²) in [4.78, 5) is 0. The average Bonchev–Trinajstić information content (AvgIpc) is 2.12. The fourth-order valence-electron chi connectivity index (χ4n) is 0.739. The Morgan fingerprint density at radius 3 is 2.75 bits per heavy atom. The normalized spacial score (nSPS) is 26.4. The van der Waals surface area contributed by atoms with Crippen LogP contribution in [0.25, 0.3) is 0 Å². The first kappa shape index (κ1) is 5.48. The minimum absolute atomic E-state index is 0.329. The van der Waals surface area contributed by atoms with Gasteiger partial charge in [0, 0.05) is 0 Å². The van der Waals surface area contributed by atoms with Crippen LogP contribution in [0.15, 0.2) is 22.4 Å². The van der Waals surface area contributed by atoms with Gasteiger partial charge in [0.05, 0.1) is 12.6 Å². The van der Waals surface area contributed by atoms with Crippen molar-refractivity contribution in [1.82, 2.24) is 0 Å². The molecule has 0 aromatic heterocycles. The zero-order chi connectivity index (χ0) is 5.98. The van der Waals surface area contributed by atoms with E-state index in [1.165, 1.54) is 0 Å². The van der Waals surface area contributed by atoms with Crippen LogP contribution in [0.5, 0.6) is 0 Å². The van der Waals surface area contributed by atoms with Gasteiger partial charge >= 0.3 is 0 Å². The van der Waals surface area contributed by atoms with E-state index < -0.39 is 0 Å². The Labute approximate surface area is 49.3 Å². The first-order valence-electron chi connectivity index (χ1n) is 2.82. The van der Waals surface area contributed by atoms with Crippen molar-refractivity contribution in [2.45, 2.75) is 19.4 Å². The summed E-state index contributed by atoms with van der Waals surface area (Å²) in [6.07, 6.45) is 1.06. The Bertz CT molecular complexity index is 126. The van der Waals surface area contributed by atoms with E-state index in [9.17, 15) is 0 Å². The number of azo groups is 1. The Morgan fingerprint density at radius 1 is 1.75 bits per heavy atom. The zero-order valence-corrected chi connectivity index (χ0v) is 5.09. The van der Waals surface area contributed by atoms with Gasteiger partial charge < -0.3 is 0 Å². The summed E-state index contributed by atoms with van der Waals surface area (Å²) in [7, 11) is 0. The van der Waals surface area contributed by atoms with Crippen LogP contribution in [0.1, 0.15) is 13.3 Å². The quantitative estimate of drug-likeness (QED) is 0.460. The molecule has 44 valence electrons. The molecule has 0 aliphatic carbocycles. The molecule has 1 rings (SSSR count). The SMILES string of the molecule is C=C(C)C1CCN=N1. The number of hydrogen-bond donors (Lipinski definition) is 0. The van der Waals surface area contributed by atoms with Crippen LogP contribution in [0.3, 0.4) is 0 Å². The third-order valence-electron chi connectivity index (χ3n) is 1.29. The van der Waals surface area contributed by atoms with Gasteiger partial charge in [-0.1, -0.05) is 12.2 Å². The van der Waals surface area contributed by atoms with Gasteiger partial charge in [0.1, 0.15) is 0 Å². The van der Waals surface area contributed by atoms with E-state index in [4.69, 9.17) is 0 Å². The van der Waals surface area contributed by atoms with Crippen LogP contribution in [0.2, 0.25) is 0 Å². The maximum absolute atomic E-state index is 3.96. The second kappa shape index (κ2) is 2.07. The first-order valence-corrected chi connectivity index (χ1v) is 2.82. The Hall–Kier alpha value is -0.660. The van der Waals surface area contributed by atoms with Crippen LogP contribution in [-0.4, -0.2) is 12.6 Å². The van der Waals surface area contributed by atoms with Gasteiger partial charge in [0.2, 0.25) is 0 Å². The second-order valence-corrected chi connectivity index (χ2v) is 2.13. The summed E-state index contributed by atoms with van der Waals surface area (Å²) in [5.41, 5.74) is 1.13. The second-order valence-electron chi connectivity index (χ2n) is 2.13. The van der Waals surface area contributed by atoms with Gasteiger partial charge in [-0.15, -0.1) is 0 Å². The molecule has 0 bridgehead atoms.